The van der Waals surface area contributed by atoms with Crippen molar-refractivity contribution < 1.29 is 48.2 Å². The molecule has 8 heteroatoms. The van der Waals surface area contributed by atoms with Gasteiger partial charge in [-0.3, -0.25) is 0 Å². The molecule has 0 aliphatic heterocycles. The van der Waals surface area contributed by atoms with Crippen molar-refractivity contribution >= 4 is 0 Å². The van der Waals surface area contributed by atoms with Crippen LogP contribution in [0.4, 0.5) is 0 Å². The molecular weight excluding hydrogens is 403 g/mol. The minimum atomic E-state index is 0.0413. The number of alkyl halides is 1. The molecule has 0 saturated heterocycles. The summed E-state index contributed by atoms with van der Waals surface area (Å²) in [5.74, 6) is 0. The zero-order valence-corrected chi connectivity index (χ0v) is 16.1. The quantitative estimate of drug-likeness (QED) is 0.105. The fourth-order valence-electron chi connectivity index (χ4n) is 1.59. The molecule has 22 heavy (non-hydrogen) atoms. The molecule has 0 aromatic heterocycles. The molecule has 1 unspecified atom stereocenters. The van der Waals surface area contributed by atoms with Gasteiger partial charge >= 0.3 is 121 Å². The van der Waals surface area contributed by atoms with E-state index in [1.807, 2.05) is 0 Å². The van der Waals surface area contributed by atoms with Gasteiger partial charge < -0.3 is 10.5 Å². The van der Waals surface area contributed by atoms with Gasteiger partial charge in [-0.25, -0.2) is 0 Å². The van der Waals surface area contributed by atoms with Gasteiger partial charge in [-0.15, -0.1) is 0 Å². The summed E-state index contributed by atoms with van der Waals surface area (Å²) in [6, 6.07) is 0. The predicted molar refractivity (Wildman–Crippen MR) is 81.3 cm³/mol. The smallest absolute Gasteiger partial charge is 0.378 e. The van der Waals surface area contributed by atoms with Crippen LogP contribution in [0.15, 0.2) is 0 Å². The second kappa shape index (κ2) is 16.3. The van der Waals surface area contributed by atoms with Crippen LogP contribution in [0.5, 0.6) is 0 Å². The third kappa shape index (κ3) is 14.1. The number of nitrogens with zero attached hydrogens (tertiary/aromatic N) is 1. The Morgan fingerprint density at radius 1 is 0.818 bits per heavy atom. The van der Waals surface area contributed by atoms with Crippen LogP contribution in [0.2, 0.25) is 0 Å². The first-order chi connectivity index (χ1) is 10.7. The van der Waals surface area contributed by atoms with E-state index in [0.29, 0.717) is 59.4 Å². The minimum absolute atomic E-state index is 0.0413. The summed E-state index contributed by atoms with van der Waals surface area (Å²) < 4.78 is 22.5. The fourth-order valence-corrected chi connectivity index (χ4v) is 2.97. The summed E-state index contributed by atoms with van der Waals surface area (Å²) >= 11 is 0.0413. The second-order valence-electron chi connectivity index (χ2n) is 4.84. The Balaban J connectivity index is 3.23. The molecule has 0 aromatic carbocycles. The van der Waals surface area contributed by atoms with E-state index in [9.17, 15) is 0 Å². The van der Waals surface area contributed by atoms with Crippen molar-refractivity contribution in [2.24, 2.45) is 5.73 Å². The molecule has 7 nitrogen and oxygen atoms in total. The van der Waals surface area contributed by atoms with E-state index in [4.69, 9.17) is 29.8 Å². The molecule has 0 amide bonds. The summed E-state index contributed by atoms with van der Waals surface area (Å²) in [6.45, 7) is 7.30. The van der Waals surface area contributed by atoms with E-state index in [1.54, 1.807) is 0 Å². The number of hydrogen-bond donors (Lipinski definition) is 2. The Kier molecular flexibility index (Phi) is 16.6. The van der Waals surface area contributed by atoms with Crippen LogP contribution in [-0.2, 0) is 18.9 Å². The molecule has 3 N–H and O–H groups in total. The number of aliphatic hydroxyl groups excluding tert-OH is 1. The SMILES string of the molecule is C[I-][N+](C)(CCO)CCOCCOCCOCCOCCN. The number of quaternary nitrogens is 1. The monoisotopic (exact) mass is 436 g/mol. The van der Waals surface area contributed by atoms with Gasteiger partial charge in [0.1, 0.15) is 0 Å². The van der Waals surface area contributed by atoms with Gasteiger partial charge in [0.05, 0.1) is 6.61 Å². The standard InChI is InChI=1S/C14H33IN2O5/c1-15-17(2,4-6-18)5-8-20-10-12-22-14-13-21-11-9-19-7-3-16/h18H,3-14,16H2,1-2H3. The molecule has 1 atom stereocenters. The minimum Gasteiger partial charge on any atom is -0.378 e. The number of hydrogen-bond acceptors (Lipinski definition) is 6. The number of rotatable bonds is 17. The summed E-state index contributed by atoms with van der Waals surface area (Å²) in [7, 11) is 2.18. The Morgan fingerprint density at radius 2 is 1.27 bits per heavy atom. The van der Waals surface area contributed by atoms with Crippen molar-refractivity contribution in [3.05, 3.63) is 0 Å². The van der Waals surface area contributed by atoms with Crippen LogP contribution in [0.25, 0.3) is 0 Å². The molecule has 0 aliphatic carbocycles. The first-order valence-electron chi connectivity index (χ1n) is 7.66. The third-order valence-corrected chi connectivity index (χ3v) is 6.35. The molecule has 136 valence electrons. The molecule has 0 radical (unpaired) electrons. The van der Waals surface area contributed by atoms with Gasteiger partial charge in [-0.2, -0.15) is 0 Å². The summed E-state index contributed by atoms with van der Waals surface area (Å²) in [5.41, 5.74) is 5.30. The average Bonchev–Trinajstić information content (AvgIpc) is 2.52. The van der Waals surface area contributed by atoms with Crippen molar-refractivity contribution in [1.29, 1.82) is 0 Å². The van der Waals surface area contributed by atoms with Crippen molar-refractivity contribution in [2.75, 3.05) is 91.1 Å². The maximum absolute atomic E-state index is 9.05. The number of aliphatic hydroxyl groups is 1. The van der Waals surface area contributed by atoms with Gasteiger partial charge in [0.15, 0.2) is 0 Å². The molecule has 0 rings (SSSR count). The Morgan fingerprint density at radius 3 is 1.68 bits per heavy atom. The van der Waals surface area contributed by atoms with Crippen LogP contribution in [-0.4, -0.2) is 98.9 Å². The van der Waals surface area contributed by atoms with Crippen LogP contribution in [0.1, 0.15) is 0 Å². The van der Waals surface area contributed by atoms with Crippen molar-refractivity contribution in [3.8, 4) is 0 Å². The summed E-state index contributed by atoms with van der Waals surface area (Å²) in [4.78, 5) is 2.23. The van der Waals surface area contributed by atoms with Gasteiger partial charge in [0, 0.05) is 6.54 Å². The fraction of sp³-hybridized carbons (Fsp3) is 1.00. The third-order valence-electron chi connectivity index (χ3n) is 3.05. The van der Waals surface area contributed by atoms with E-state index in [1.165, 1.54) is 0 Å². The zero-order valence-electron chi connectivity index (χ0n) is 14.0. The first kappa shape index (κ1) is 22.4. The predicted octanol–water partition coefficient (Wildman–Crippen LogP) is -3.92. The van der Waals surface area contributed by atoms with E-state index in [2.05, 4.69) is 12.0 Å². The van der Waals surface area contributed by atoms with E-state index in [0.717, 1.165) is 15.8 Å². The van der Waals surface area contributed by atoms with E-state index in [-0.39, 0.29) is 28.1 Å². The molecule has 0 fully saturated rings. The van der Waals surface area contributed by atoms with Crippen molar-refractivity contribution in [2.45, 2.75) is 0 Å². The molecule has 0 spiro atoms. The first-order valence-corrected chi connectivity index (χ1v) is 10.8. The van der Waals surface area contributed by atoms with E-state index < -0.39 is 0 Å². The summed E-state index contributed by atoms with van der Waals surface area (Å²) in [5, 5.41) is 9.05. The average molecular weight is 436 g/mol. The number of nitrogens with two attached hydrogens (primary N) is 1. The molecule has 0 aromatic rings. The van der Waals surface area contributed by atoms with Crippen LogP contribution in [0, 0.1) is 0 Å². The van der Waals surface area contributed by atoms with Crippen molar-refractivity contribution in [3.63, 3.8) is 0 Å². The second-order valence-corrected chi connectivity index (χ2v) is 8.14. The Labute approximate surface area is 145 Å². The zero-order chi connectivity index (χ0) is 16.5. The van der Waals surface area contributed by atoms with Crippen LogP contribution in [0.3, 0.4) is 0 Å². The van der Waals surface area contributed by atoms with Crippen LogP contribution >= 0.6 is 0 Å². The normalized spacial score (nSPS) is 14.4. The van der Waals surface area contributed by atoms with Gasteiger partial charge in [0.25, 0.3) is 0 Å². The van der Waals surface area contributed by atoms with Gasteiger partial charge in [0.2, 0.25) is 0 Å². The van der Waals surface area contributed by atoms with Crippen molar-refractivity contribution in [1.82, 2.24) is 0 Å². The van der Waals surface area contributed by atoms with Crippen LogP contribution < -0.4 is 27.2 Å². The Bertz CT molecular complexity index is 239. The number of halogens is 1. The number of ether oxygens (including phenoxy) is 4. The molecule has 0 heterocycles. The molecule has 0 saturated carbocycles. The van der Waals surface area contributed by atoms with E-state index >= 15 is 0 Å². The molecular formula is C14H33IN2O5. The number of likely N-dealkylation sites (N-methyl/N-ethyl adjacent to an activating group) is 1. The summed E-state index contributed by atoms with van der Waals surface area (Å²) in [6.07, 6.45) is 0. The maximum atomic E-state index is 9.05. The molecule has 0 aliphatic rings. The van der Waals surface area contributed by atoms with Gasteiger partial charge in [-0.05, 0) is 0 Å². The molecule has 0 bridgehead atoms. The topological polar surface area (TPSA) is 83.2 Å². The Hall–Kier alpha value is 0.450. The van der Waals surface area contributed by atoms with Gasteiger partial charge in [-0.1, -0.05) is 0 Å².